The molecule has 230 valence electrons. The van der Waals surface area contributed by atoms with Gasteiger partial charge in [0.1, 0.15) is 0 Å². The van der Waals surface area contributed by atoms with Gasteiger partial charge in [0.15, 0.2) is 5.03 Å². The van der Waals surface area contributed by atoms with Crippen molar-refractivity contribution >= 4 is 21.7 Å². The molecule has 2 atom stereocenters. The second-order valence-electron chi connectivity index (χ2n) is 11.8. The Kier molecular flexibility index (Phi) is 8.63. The molecule has 1 aliphatic carbocycles. The number of aryl methyl sites for hydroxylation is 2. The van der Waals surface area contributed by atoms with E-state index in [1.807, 2.05) is 48.1 Å². The van der Waals surface area contributed by atoms with Gasteiger partial charge in [0.25, 0.3) is 10.0 Å². The van der Waals surface area contributed by atoms with Crippen molar-refractivity contribution in [3.8, 4) is 6.07 Å². The van der Waals surface area contributed by atoms with Crippen LogP contribution in [-0.2, 0) is 30.7 Å². The van der Waals surface area contributed by atoms with E-state index >= 15 is 0 Å². The summed E-state index contributed by atoms with van der Waals surface area (Å²) in [7, 11) is -0.126. The summed E-state index contributed by atoms with van der Waals surface area (Å²) in [6, 6.07) is 11.3. The summed E-state index contributed by atoms with van der Waals surface area (Å²) in [4.78, 5) is 21.9. The summed E-state index contributed by atoms with van der Waals surface area (Å²) in [5.74, 6) is 0.906. The smallest absolute Gasteiger partial charge is 0.262 e. The standard InChI is InChI=1S/C31H38N10O2S/c1-37-21-30(36-23-37)44(42,43)41(19-25-11-15-39(16-12-25)31-34-13-4-14-35-31)29-6-3-5-28(29)40(20-27-18-33-22-38(27)2)26-9-7-24(17-32)8-10-26/h4,7-10,13-14,18,21-23,25,28-29H,3,5-6,11-12,15-16,19-20H2,1-2H3/t28-,29+/m0/s1. The third kappa shape index (κ3) is 6.18. The van der Waals surface area contributed by atoms with Crippen molar-refractivity contribution in [3.63, 3.8) is 0 Å². The van der Waals surface area contributed by atoms with E-state index in [2.05, 4.69) is 35.8 Å². The van der Waals surface area contributed by atoms with Gasteiger partial charge >= 0.3 is 0 Å². The number of anilines is 2. The van der Waals surface area contributed by atoms with Gasteiger partial charge in [-0.1, -0.05) is 0 Å². The molecule has 44 heavy (non-hydrogen) atoms. The van der Waals surface area contributed by atoms with Crippen molar-refractivity contribution in [2.75, 3.05) is 29.4 Å². The average molecular weight is 615 g/mol. The lowest BCUT2D eigenvalue weighted by atomic mass is 9.96. The van der Waals surface area contributed by atoms with Crippen LogP contribution >= 0.6 is 0 Å². The molecule has 0 N–H and O–H groups in total. The van der Waals surface area contributed by atoms with Crippen LogP contribution in [0.3, 0.4) is 0 Å². The van der Waals surface area contributed by atoms with E-state index in [0.717, 1.165) is 56.6 Å². The first-order valence-electron chi connectivity index (χ1n) is 15.1. The molecule has 2 aliphatic rings. The molecule has 1 aromatic carbocycles. The van der Waals surface area contributed by atoms with Crippen LogP contribution in [0.25, 0.3) is 0 Å². The second kappa shape index (κ2) is 12.8. The van der Waals surface area contributed by atoms with Crippen molar-refractivity contribution in [1.29, 1.82) is 5.26 Å². The van der Waals surface area contributed by atoms with Gasteiger partial charge in [-0.25, -0.2) is 28.4 Å². The van der Waals surface area contributed by atoms with E-state index in [1.165, 1.54) is 0 Å². The van der Waals surface area contributed by atoms with E-state index in [-0.39, 0.29) is 23.0 Å². The molecule has 0 spiro atoms. The topological polar surface area (TPSA) is 129 Å². The zero-order chi connectivity index (χ0) is 30.7. The lowest BCUT2D eigenvalue weighted by Crippen LogP contribution is -2.53. The molecule has 13 heteroatoms. The number of imidazole rings is 2. The fourth-order valence-corrected chi connectivity index (χ4v) is 8.27. The van der Waals surface area contributed by atoms with Crippen LogP contribution in [-0.4, -0.2) is 73.5 Å². The van der Waals surface area contributed by atoms with E-state index < -0.39 is 10.0 Å². The van der Waals surface area contributed by atoms with Crippen molar-refractivity contribution in [2.45, 2.75) is 55.8 Å². The number of sulfonamides is 1. The second-order valence-corrected chi connectivity index (χ2v) is 13.6. The van der Waals surface area contributed by atoms with Gasteiger partial charge in [-0.05, 0) is 68.4 Å². The molecule has 1 saturated heterocycles. The number of hydrogen-bond donors (Lipinski definition) is 0. The maximum atomic E-state index is 14.4. The van der Waals surface area contributed by atoms with Crippen LogP contribution in [0.1, 0.15) is 43.4 Å². The van der Waals surface area contributed by atoms with E-state index in [1.54, 1.807) is 47.2 Å². The highest BCUT2D eigenvalue weighted by atomic mass is 32.2. The Hall–Kier alpha value is -4.28. The maximum Gasteiger partial charge on any atom is 0.262 e. The number of nitriles is 1. The zero-order valence-electron chi connectivity index (χ0n) is 25.1. The molecule has 4 aromatic rings. The lowest BCUT2D eigenvalue weighted by molar-refractivity contribution is 0.235. The van der Waals surface area contributed by atoms with Crippen molar-refractivity contribution in [2.24, 2.45) is 20.0 Å². The van der Waals surface area contributed by atoms with Gasteiger partial charge in [0.2, 0.25) is 5.95 Å². The molecule has 0 amide bonds. The van der Waals surface area contributed by atoms with Gasteiger partial charge in [-0.15, -0.1) is 0 Å². The quantitative estimate of drug-likeness (QED) is 0.264. The van der Waals surface area contributed by atoms with Crippen molar-refractivity contribution in [3.05, 3.63) is 79.0 Å². The van der Waals surface area contributed by atoms with E-state index in [0.29, 0.717) is 24.6 Å². The summed E-state index contributed by atoms with van der Waals surface area (Å²) in [6.45, 7) is 2.54. The minimum absolute atomic E-state index is 0.0749. The number of rotatable bonds is 10. The van der Waals surface area contributed by atoms with Gasteiger partial charge in [0, 0.05) is 76.3 Å². The first kappa shape index (κ1) is 29.8. The molecule has 6 rings (SSSR count). The molecule has 12 nitrogen and oxygen atoms in total. The normalized spacial score (nSPS) is 19.4. The predicted molar refractivity (Wildman–Crippen MR) is 166 cm³/mol. The van der Waals surface area contributed by atoms with Gasteiger partial charge < -0.3 is 18.9 Å². The van der Waals surface area contributed by atoms with Gasteiger partial charge in [-0.2, -0.15) is 9.57 Å². The SMILES string of the molecule is Cn1cnc(S(=O)(=O)N(CC2CCN(c3ncccn3)CC2)[C@@H]2CCC[C@@H]2N(Cc2cncn2C)c2ccc(C#N)cc2)c1. The highest BCUT2D eigenvalue weighted by Gasteiger charge is 2.44. The third-order valence-corrected chi connectivity index (χ3v) is 10.7. The van der Waals surface area contributed by atoms with E-state index in [4.69, 9.17) is 0 Å². The Morgan fingerprint density at radius 1 is 0.977 bits per heavy atom. The van der Waals surface area contributed by atoms with Crippen LogP contribution in [0.15, 0.2) is 72.8 Å². The Morgan fingerprint density at radius 2 is 1.70 bits per heavy atom. The molecular formula is C31H38N10O2S. The Bertz CT molecular complexity index is 1690. The zero-order valence-corrected chi connectivity index (χ0v) is 26.0. The van der Waals surface area contributed by atoms with E-state index in [9.17, 15) is 13.7 Å². The highest BCUT2D eigenvalue weighted by Crippen LogP contribution is 2.37. The first-order chi connectivity index (χ1) is 21.3. The lowest BCUT2D eigenvalue weighted by Gasteiger charge is -2.41. The molecule has 3 aromatic heterocycles. The fourth-order valence-electron chi connectivity index (χ4n) is 6.54. The van der Waals surface area contributed by atoms with Crippen molar-refractivity contribution < 1.29 is 8.42 Å². The number of benzene rings is 1. The first-order valence-corrected chi connectivity index (χ1v) is 16.5. The Balaban J connectivity index is 1.32. The van der Waals surface area contributed by atoms with Crippen LogP contribution in [0.4, 0.5) is 11.6 Å². The summed E-state index contributed by atoms with van der Waals surface area (Å²) in [5, 5.41) is 9.49. The summed E-state index contributed by atoms with van der Waals surface area (Å²) >= 11 is 0. The van der Waals surface area contributed by atoms with Gasteiger partial charge in [0.05, 0.1) is 36.5 Å². The van der Waals surface area contributed by atoms with Crippen molar-refractivity contribution in [1.82, 2.24) is 33.4 Å². The fraction of sp³-hybridized carbons (Fsp3) is 0.452. The Morgan fingerprint density at radius 3 is 2.34 bits per heavy atom. The van der Waals surface area contributed by atoms with Crippen LogP contribution < -0.4 is 9.80 Å². The summed E-state index contributed by atoms with van der Waals surface area (Å²) in [6.07, 6.45) is 14.5. The molecule has 4 heterocycles. The molecule has 0 radical (unpaired) electrons. The molecule has 1 aliphatic heterocycles. The maximum absolute atomic E-state index is 14.4. The predicted octanol–water partition coefficient (Wildman–Crippen LogP) is 3.35. The third-order valence-electron chi connectivity index (χ3n) is 8.93. The number of aromatic nitrogens is 6. The highest BCUT2D eigenvalue weighted by molar-refractivity contribution is 7.89. The summed E-state index contributed by atoms with van der Waals surface area (Å²) in [5.41, 5.74) is 2.56. The van der Waals surface area contributed by atoms with Gasteiger partial charge in [-0.3, -0.25) is 0 Å². The van der Waals surface area contributed by atoms with Crippen LogP contribution in [0.5, 0.6) is 0 Å². The number of nitrogens with zero attached hydrogens (tertiary/aromatic N) is 10. The molecule has 2 fully saturated rings. The molecule has 0 bridgehead atoms. The van der Waals surface area contributed by atoms with Crippen LogP contribution in [0.2, 0.25) is 0 Å². The minimum Gasteiger partial charge on any atom is -0.361 e. The number of piperidine rings is 1. The number of hydrogen-bond acceptors (Lipinski definition) is 9. The molecular weight excluding hydrogens is 576 g/mol. The minimum atomic E-state index is -3.88. The van der Waals surface area contributed by atoms with Crippen LogP contribution in [0, 0.1) is 17.2 Å². The summed E-state index contributed by atoms with van der Waals surface area (Å²) < 4.78 is 34.2. The Labute approximate surface area is 258 Å². The average Bonchev–Trinajstić information content (AvgIpc) is 3.81. The monoisotopic (exact) mass is 614 g/mol. The molecule has 0 unspecified atom stereocenters. The molecule has 1 saturated carbocycles. The largest absolute Gasteiger partial charge is 0.361 e.